The maximum Gasteiger partial charge on any atom is 0.308 e. The Balaban J connectivity index is 1.52. The highest BCUT2D eigenvalue weighted by molar-refractivity contribution is 5.69. The van der Waals surface area contributed by atoms with Crippen molar-refractivity contribution in [1.29, 1.82) is 0 Å². The normalized spacial score (nSPS) is 21.7. The van der Waals surface area contributed by atoms with Gasteiger partial charge >= 0.3 is 11.9 Å². The van der Waals surface area contributed by atoms with E-state index in [2.05, 4.69) is 19.1 Å². The average Bonchev–Trinajstić information content (AvgIpc) is 2.92. The molecule has 1 fully saturated rings. The van der Waals surface area contributed by atoms with E-state index in [4.69, 9.17) is 18.9 Å². The molecule has 1 aliphatic heterocycles. The molecule has 39 heavy (non-hydrogen) atoms. The van der Waals surface area contributed by atoms with Crippen LogP contribution in [0.4, 0.5) is 0 Å². The van der Waals surface area contributed by atoms with Crippen LogP contribution in [0.1, 0.15) is 129 Å². The van der Waals surface area contributed by atoms with Gasteiger partial charge < -0.3 is 24.1 Å². The van der Waals surface area contributed by atoms with Crippen LogP contribution >= 0.6 is 0 Å². The summed E-state index contributed by atoms with van der Waals surface area (Å²) in [6.07, 6.45) is 19.7. The van der Waals surface area contributed by atoms with Gasteiger partial charge in [0.25, 0.3) is 0 Å². The van der Waals surface area contributed by atoms with Crippen LogP contribution in [0.15, 0.2) is 42.5 Å². The smallest absolute Gasteiger partial charge is 0.308 e. The summed E-state index contributed by atoms with van der Waals surface area (Å²) in [5.74, 6) is -2.19. The van der Waals surface area contributed by atoms with E-state index in [1.165, 1.54) is 57.8 Å². The van der Waals surface area contributed by atoms with Crippen LogP contribution in [-0.4, -0.2) is 36.6 Å². The summed E-state index contributed by atoms with van der Waals surface area (Å²) in [5.41, 5.74) is 0.638. The maximum atomic E-state index is 12.2. The van der Waals surface area contributed by atoms with Crippen molar-refractivity contribution in [3.05, 3.63) is 48.0 Å². The average molecular weight is 547 g/mol. The zero-order valence-electron chi connectivity index (χ0n) is 25.0. The van der Waals surface area contributed by atoms with Crippen LogP contribution in [0, 0.1) is 5.41 Å². The van der Waals surface area contributed by atoms with Gasteiger partial charge in [0.05, 0.1) is 12.7 Å². The van der Waals surface area contributed by atoms with Gasteiger partial charge in [0, 0.05) is 11.8 Å². The number of carbonyl (C=O) groups is 1. The van der Waals surface area contributed by atoms with E-state index >= 15 is 0 Å². The van der Waals surface area contributed by atoms with Crippen molar-refractivity contribution in [3.8, 4) is 0 Å². The molecule has 1 saturated heterocycles. The van der Waals surface area contributed by atoms with Gasteiger partial charge in [-0.25, -0.2) is 0 Å². The van der Waals surface area contributed by atoms with Gasteiger partial charge in [0.15, 0.2) is 6.29 Å². The summed E-state index contributed by atoms with van der Waals surface area (Å²) in [4.78, 5) is 12.2. The fourth-order valence-electron chi connectivity index (χ4n) is 4.82. The molecule has 1 heterocycles. The number of unbranched alkanes of at least 4 members (excludes halogenated alkanes) is 11. The van der Waals surface area contributed by atoms with Crippen LogP contribution in [0.2, 0.25) is 0 Å². The molecule has 0 aromatic heterocycles. The fourth-order valence-corrected chi connectivity index (χ4v) is 4.82. The Bertz CT molecular complexity index is 808. The lowest BCUT2D eigenvalue weighted by Crippen LogP contribution is -2.52. The molecule has 1 aromatic carbocycles. The molecular formula is C33H54O6. The molecule has 0 amide bonds. The zero-order valence-corrected chi connectivity index (χ0v) is 25.0. The first-order valence-electron chi connectivity index (χ1n) is 15.3. The Kier molecular flexibility index (Phi) is 16.0. The van der Waals surface area contributed by atoms with Crippen LogP contribution in [0.3, 0.4) is 0 Å². The Morgan fingerprint density at radius 1 is 0.974 bits per heavy atom. The number of esters is 1. The van der Waals surface area contributed by atoms with E-state index in [0.717, 1.165) is 31.2 Å². The van der Waals surface area contributed by atoms with Crippen molar-refractivity contribution < 1.29 is 28.8 Å². The fraction of sp³-hybridized carbons (Fsp3) is 0.727. The number of hydrogen-bond acceptors (Lipinski definition) is 6. The Labute approximate surface area is 237 Å². The van der Waals surface area contributed by atoms with Crippen molar-refractivity contribution in [2.24, 2.45) is 5.41 Å². The Hall–Kier alpha value is -1.73. The van der Waals surface area contributed by atoms with Crippen LogP contribution in [-0.2, 0) is 23.7 Å². The first-order valence-corrected chi connectivity index (χ1v) is 15.3. The largest absolute Gasteiger partial charge is 0.436 e. The molecule has 2 rings (SSSR count). The Morgan fingerprint density at radius 2 is 1.56 bits per heavy atom. The highest BCUT2D eigenvalue weighted by Crippen LogP contribution is 2.44. The minimum Gasteiger partial charge on any atom is -0.436 e. The highest BCUT2D eigenvalue weighted by atomic mass is 16.8. The van der Waals surface area contributed by atoms with Gasteiger partial charge in [-0.3, -0.25) is 4.79 Å². The molecule has 1 aromatic rings. The molecule has 222 valence electrons. The molecule has 0 radical (unpaired) electrons. The third-order valence-corrected chi connectivity index (χ3v) is 7.22. The highest BCUT2D eigenvalue weighted by Gasteiger charge is 2.47. The van der Waals surface area contributed by atoms with E-state index in [0.29, 0.717) is 13.0 Å². The molecule has 1 unspecified atom stereocenters. The second kappa shape index (κ2) is 18.6. The van der Waals surface area contributed by atoms with Gasteiger partial charge in [-0.15, -0.1) is 0 Å². The SMILES string of the molecule is CCCCCCCC/C=C\CCCCCCCC(=O)OC(C)OC[C@@]1(O)OCC(C)(C)[C@@H](c2ccccc2)O1. The van der Waals surface area contributed by atoms with Crippen molar-refractivity contribution in [2.45, 2.75) is 136 Å². The summed E-state index contributed by atoms with van der Waals surface area (Å²) >= 11 is 0. The minimum absolute atomic E-state index is 0.256. The second-order valence-corrected chi connectivity index (χ2v) is 11.6. The van der Waals surface area contributed by atoms with E-state index in [-0.39, 0.29) is 24.1 Å². The van der Waals surface area contributed by atoms with E-state index < -0.39 is 12.3 Å². The standard InChI is InChI=1S/C33H54O6/c1-5-6-7-8-9-10-11-12-13-14-15-16-17-18-22-25-30(34)38-28(2)36-27-33(35)37-26-32(3,4)31(39-33)29-23-20-19-21-24-29/h12-13,19-21,23-24,28,31,35H,5-11,14-18,22,25-27H2,1-4H3/b13-12-/t28?,31-,33-/m1/s1. The lowest BCUT2D eigenvalue weighted by atomic mass is 9.82. The number of aliphatic hydroxyl groups is 1. The molecule has 1 N–H and O–H groups in total. The van der Waals surface area contributed by atoms with Gasteiger partial charge in [-0.1, -0.05) is 115 Å². The second-order valence-electron chi connectivity index (χ2n) is 11.6. The molecule has 6 nitrogen and oxygen atoms in total. The maximum absolute atomic E-state index is 12.2. The Morgan fingerprint density at radius 3 is 2.21 bits per heavy atom. The van der Waals surface area contributed by atoms with Crippen molar-refractivity contribution in [2.75, 3.05) is 13.2 Å². The lowest BCUT2D eigenvalue weighted by Gasteiger charge is -2.45. The molecule has 1 aliphatic rings. The number of rotatable bonds is 20. The van der Waals surface area contributed by atoms with Crippen LogP contribution in [0.5, 0.6) is 0 Å². The molecule has 0 aliphatic carbocycles. The van der Waals surface area contributed by atoms with Gasteiger partial charge in [-0.2, -0.15) is 0 Å². The van der Waals surface area contributed by atoms with E-state index in [1.807, 2.05) is 44.2 Å². The lowest BCUT2D eigenvalue weighted by molar-refractivity contribution is -0.440. The van der Waals surface area contributed by atoms with Crippen molar-refractivity contribution in [1.82, 2.24) is 0 Å². The zero-order chi connectivity index (χ0) is 28.4. The number of benzene rings is 1. The third kappa shape index (κ3) is 13.9. The van der Waals surface area contributed by atoms with Gasteiger partial charge in [-0.05, 0) is 44.6 Å². The number of allylic oxidation sites excluding steroid dienone is 2. The van der Waals surface area contributed by atoms with Gasteiger partial charge in [0.2, 0.25) is 0 Å². The monoisotopic (exact) mass is 546 g/mol. The number of carbonyl (C=O) groups excluding carboxylic acids is 1. The van der Waals surface area contributed by atoms with E-state index in [1.54, 1.807) is 6.92 Å². The number of hydrogen-bond donors (Lipinski definition) is 1. The van der Waals surface area contributed by atoms with Crippen molar-refractivity contribution >= 4 is 5.97 Å². The first kappa shape index (κ1) is 33.5. The molecule has 6 heteroatoms. The molecule has 0 saturated carbocycles. The summed E-state index contributed by atoms with van der Waals surface area (Å²) in [6, 6.07) is 9.77. The van der Waals surface area contributed by atoms with E-state index in [9.17, 15) is 9.90 Å². The predicted octanol–water partition coefficient (Wildman–Crippen LogP) is 8.39. The molecule has 0 spiro atoms. The summed E-state index contributed by atoms with van der Waals surface area (Å²) in [7, 11) is 0. The van der Waals surface area contributed by atoms with Crippen molar-refractivity contribution in [3.63, 3.8) is 0 Å². The summed E-state index contributed by atoms with van der Waals surface area (Å²) < 4.78 is 22.5. The summed E-state index contributed by atoms with van der Waals surface area (Å²) in [5, 5.41) is 10.9. The molecule has 3 atom stereocenters. The van der Waals surface area contributed by atoms with Gasteiger partial charge in [0.1, 0.15) is 6.61 Å². The first-order chi connectivity index (χ1) is 18.8. The van der Waals surface area contributed by atoms with Crippen LogP contribution < -0.4 is 0 Å². The third-order valence-electron chi connectivity index (χ3n) is 7.22. The molecular weight excluding hydrogens is 492 g/mol. The number of ether oxygens (including phenoxy) is 4. The topological polar surface area (TPSA) is 74.2 Å². The summed E-state index contributed by atoms with van der Waals surface area (Å²) in [6.45, 7) is 8.01. The minimum atomic E-state index is -1.90. The van der Waals surface area contributed by atoms with Crippen LogP contribution in [0.25, 0.3) is 0 Å². The predicted molar refractivity (Wildman–Crippen MR) is 156 cm³/mol. The quantitative estimate of drug-likeness (QED) is 0.0766. The molecule has 0 bridgehead atoms.